The molecule has 2 amide bonds. The standard InChI is InChI=1S/C22H26N4O3/c1-4-14-29-19-9-7-17(8-10-19)24-21(27)22(28)26-12-5-6-18(26)15-25-13-11-23-20(25)16(2)3/h1,7-11,13,16,18H,5-6,12,14-15H2,2-3H3,(H,24,27)/t18-/m0/s1. The molecule has 2 heterocycles. The fraction of sp³-hybridized carbons (Fsp3) is 0.409. The molecule has 1 aromatic carbocycles. The van der Waals surface area contributed by atoms with E-state index in [1.54, 1.807) is 35.4 Å². The minimum absolute atomic E-state index is 0.0144. The summed E-state index contributed by atoms with van der Waals surface area (Å²) in [5.41, 5.74) is 0.531. The van der Waals surface area contributed by atoms with Crippen molar-refractivity contribution in [3.8, 4) is 18.1 Å². The molecule has 0 unspecified atom stereocenters. The summed E-state index contributed by atoms with van der Waals surface area (Å²) in [5.74, 6) is 3.14. The summed E-state index contributed by atoms with van der Waals surface area (Å²) in [6.07, 6.45) is 10.6. The lowest BCUT2D eigenvalue weighted by Gasteiger charge is -2.25. The van der Waals surface area contributed by atoms with Crippen molar-refractivity contribution in [2.75, 3.05) is 18.5 Å². The molecule has 1 fully saturated rings. The van der Waals surface area contributed by atoms with Crippen molar-refractivity contribution in [3.05, 3.63) is 42.5 Å². The summed E-state index contributed by atoms with van der Waals surface area (Å²) in [6, 6.07) is 6.74. The third-order valence-corrected chi connectivity index (χ3v) is 4.94. The molecule has 7 heteroatoms. The van der Waals surface area contributed by atoms with E-state index >= 15 is 0 Å². The highest BCUT2D eigenvalue weighted by molar-refractivity contribution is 6.39. The highest BCUT2D eigenvalue weighted by Gasteiger charge is 2.33. The number of aromatic nitrogens is 2. The van der Waals surface area contributed by atoms with Crippen LogP contribution >= 0.6 is 0 Å². The van der Waals surface area contributed by atoms with Gasteiger partial charge in [-0.15, -0.1) is 6.42 Å². The molecule has 1 aliphatic rings. The number of amides is 2. The average molecular weight is 394 g/mol. The molecule has 0 saturated carbocycles. The zero-order valence-corrected chi connectivity index (χ0v) is 16.8. The number of anilines is 1. The Balaban J connectivity index is 1.61. The van der Waals surface area contributed by atoms with E-state index in [4.69, 9.17) is 11.2 Å². The van der Waals surface area contributed by atoms with E-state index in [0.29, 0.717) is 30.4 Å². The summed E-state index contributed by atoms with van der Waals surface area (Å²) in [6.45, 7) is 5.59. The Bertz CT molecular complexity index is 896. The molecule has 7 nitrogen and oxygen atoms in total. The van der Waals surface area contributed by atoms with Gasteiger partial charge in [-0.25, -0.2) is 4.98 Å². The minimum atomic E-state index is -0.635. The predicted octanol–water partition coefficient (Wildman–Crippen LogP) is 2.65. The van der Waals surface area contributed by atoms with Crippen LogP contribution in [0.5, 0.6) is 5.75 Å². The lowest BCUT2D eigenvalue weighted by Crippen LogP contribution is -2.44. The Kier molecular flexibility index (Phi) is 6.55. The normalized spacial score (nSPS) is 15.9. The fourth-order valence-corrected chi connectivity index (χ4v) is 3.57. The summed E-state index contributed by atoms with van der Waals surface area (Å²) < 4.78 is 7.38. The Labute approximate surface area is 171 Å². The van der Waals surface area contributed by atoms with E-state index < -0.39 is 11.8 Å². The molecule has 1 N–H and O–H groups in total. The van der Waals surface area contributed by atoms with Gasteiger partial charge in [0.15, 0.2) is 0 Å². The topological polar surface area (TPSA) is 76.5 Å². The van der Waals surface area contributed by atoms with Crippen molar-refractivity contribution < 1.29 is 14.3 Å². The molecular weight excluding hydrogens is 368 g/mol. The monoisotopic (exact) mass is 394 g/mol. The molecule has 3 rings (SSSR count). The van der Waals surface area contributed by atoms with Crippen molar-refractivity contribution in [2.45, 2.75) is 45.2 Å². The third kappa shape index (κ3) is 4.96. The van der Waals surface area contributed by atoms with Crippen molar-refractivity contribution in [1.29, 1.82) is 0 Å². The van der Waals surface area contributed by atoms with Gasteiger partial charge in [0.1, 0.15) is 18.2 Å². The van der Waals surface area contributed by atoms with Gasteiger partial charge in [-0.3, -0.25) is 9.59 Å². The second-order valence-electron chi connectivity index (χ2n) is 7.36. The van der Waals surface area contributed by atoms with Crippen molar-refractivity contribution >= 4 is 17.5 Å². The van der Waals surface area contributed by atoms with Crippen LogP contribution < -0.4 is 10.1 Å². The first-order chi connectivity index (χ1) is 14.0. The molecule has 29 heavy (non-hydrogen) atoms. The van der Waals surface area contributed by atoms with Gasteiger partial charge in [0.25, 0.3) is 0 Å². The van der Waals surface area contributed by atoms with Crippen molar-refractivity contribution in [3.63, 3.8) is 0 Å². The Hall–Kier alpha value is -3.27. The van der Waals surface area contributed by atoms with Crippen molar-refractivity contribution in [1.82, 2.24) is 14.5 Å². The van der Waals surface area contributed by atoms with Gasteiger partial charge in [0.05, 0.1) is 6.04 Å². The van der Waals surface area contributed by atoms with Gasteiger partial charge in [-0.05, 0) is 37.1 Å². The highest BCUT2D eigenvalue weighted by Crippen LogP contribution is 2.22. The zero-order chi connectivity index (χ0) is 20.8. The molecule has 1 atom stereocenters. The average Bonchev–Trinajstić information content (AvgIpc) is 3.36. The van der Waals surface area contributed by atoms with Gasteiger partial charge in [-0.2, -0.15) is 0 Å². The number of carbonyl (C=O) groups excluding carboxylic acids is 2. The second-order valence-corrected chi connectivity index (χ2v) is 7.36. The number of hydrogen-bond donors (Lipinski definition) is 1. The van der Waals surface area contributed by atoms with Crippen LogP contribution in [0.2, 0.25) is 0 Å². The summed E-state index contributed by atoms with van der Waals surface area (Å²) in [5, 5.41) is 2.67. The van der Waals surface area contributed by atoms with Crippen LogP contribution in [0.4, 0.5) is 5.69 Å². The number of nitrogens with zero attached hydrogens (tertiary/aromatic N) is 3. The van der Waals surface area contributed by atoms with Gasteiger partial charge in [0.2, 0.25) is 0 Å². The molecule has 0 spiro atoms. The molecule has 2 aromatic rings. The van der Waals surface area contributed by atoms with E-state index in [1.165, 1.54) is 0 Å². The number of imidazole rings is 1. The number of ether oxygens (including phenoxy) is 1. The second kappa shape index (κ2) is 9.28. The van der Waals surface area contributed by atoms with Crippen molar-refractivity contribution in [2.24, 2.45) is 0 Å². The first-order valence-corrected chi connectivity index (χ1v) is 9.79. The maximum atomic E-state index is 12.8. The molecule has 1 saturated heterocycles. The van der Waals surface area contributed by atoms with Crippen LogP contribution in [0.25, 0.3) is 0 Å². The van der Waals surface area contributed by atoms with Crippen LogP contribution in [0.3, 0.4) is 0 Å². The quantitative estimate of drug-likeness (QED) is 0.604. The van der Waals surface area contributed by atoms with E-state index in [0.717, 1.165) is 18.7 Å². The minimum Gasteiger partial charge on any atom is -0.481 e. The van der Waals surface area contributed by atoms with Crippen LogP contribution in [-0.4, -0.2) is 45.5 Å². The molecule has 1 aromatic heterocycles. The number of carbonyl (C=O) groups is 2. The third-order valence-electron chi connectivity index (χ3n) is 4.94. The summed E-state index contributed by atoms with van der Waals surface area (Å²) in [4.78, 5) is 31.3. The molecule has 0 radical (unpaired) electrons. The van der Waals surface area contributed by atoms with Crippen LogP contribution in [0.1, 0.15) is 38.4 Å². The van der Waals surface area contributed by atoms with Crippen LogP contribution in [-0.2, 0) is 16.1 Å². The number of nitrogens with one attached hydrogen (secondary N) is 1. The first kappa shape index (κ1) is 20.5. The maximum absolute atomic E-state index is 12.8. The maximum Gasteiger partial charge on any atom is 0.313 e. The molecule has 1 aliphatic heterocycles. The summed E-state index contributed by atoms with van der Waals surface area (Å²) >= 11 is 0. The number of terminal acetylenes is 1. The molecule has 0 aliphatic carbocycles. The van der Waals surface area contributed by atoms with Gasteiger partial charge < -0.3 is 19.5 Å². The first-order valence-electron chi connectivity index (χ1n) is 9.79. The number of hydrogen-bond acceptors (Lipinski definition) is 4. The van der Waals surface area contributed by atoms with Gasteiger partial charge in [0, 0.05) is 37.1 Å². The molecule has 152 valence electrons. The number of benzene rings is 1. The largest absolute Gasteiger partial charge is 0.481 e. The van der Waals surface area contributed by atoms with Gasteiger partial charge in [-0.1, -0.05) is 19.8 Å². The van der Waals surface area contributed by atoms with E-state index in [-0.39, 0.29) is 12.6 Å². The Morgan fingerprint density at radius 2 is 2.10 bits per heavy atom. The van der Waals surface area contributed by atoms with E-state index in [1.807, 2.05) is 6.20 Å². The Morgan fingerprint density at radius 3 is 2.79 bits per heavy atom. The highest BCUT2D eigenvalue weighted by atomic mass is 16.5. The number of rotatable bonds is 6. The summed E-state index contributed by atoms with van der Waals surface area (Å²) in [7, 11) is 0. The zero-order valence-electron chi connectivity index (χ0n) is 16.8. The lowest BCUT2D eigenvalue weighted by atomic mass is 10.2. The predicted molar refractivity (Wildman–Crippen MR) is 110 cm³/mol. The smallest absolute Gasteiger partial charge is 0.313 e. The molecular formula is C22H26N4O3. The number of likely N-dealkylation sites (tertiary alicyclic amines) is 1. The van der Waals surface area contributed by atoms with E-state index in [2.05, 4.69) is 34.6 Å². The lowest BCUT2D eigenvalue weighted by molar-refractivity contribution is -0.143. The van der Waals surface area contributed by atoms with Crippen LogP contribution in [0, 0.1) is 12.3 Å². The van der Waals surface area contributed by atoms with E-state index in [9.17, 15) is 9.59 Å². The SMILES string of the molecule is C#CCOc1ccc(NC(=O)C(=O)N2CCC[C@H]2Cn2ccnc2C(C)C)cc1. The fourth-order valence-electron chi connectivity index (χ4n) is 3.57. The Morgan fingerprint density at radius 1 is 1.34 bits per heavy atom. The van der Waals surface area contributed by atoms with Crippen LogP contribution in [0.15, 0.2) is 36.7 Å². The van der Waals surface area contributed by atoms with Gasteiger partial charge >= 0.3 is 11.8 Å². The molecule has 0 bridgehead atoms.